The van der Waals surface area contributed by atoms with Crippen LogP contribution in [0.25, 0.3) is 0 Å². The summed E-state index contributed by atoms with van der Waals surface area (Å²) in [6.45, 7) is 5.27. The summed E-state index contributed by atoms with van der Waals surface area (Å²) >= 11 is 6.25. The first-order chi connectivity index (χ1) is 9.20. The Kier molecular flexibility index (Phi) is 5.68. The normalized spacial score (nSPS) is 25.2. The summed E-state index contributed by atoms with van der Waals surface area (Å²) in [4.78, 5) is 0. The molecule has 0 radical (unpaired) electrons. The van der Waals surface area contributed by atoms with E-state index in [1.165, 1.54) is 18.4 Å². The maximum atomic E-state index is 6.25. The summed E-state index contributed by atoms with van der Waals surface area (Å²) in [6.07, 6.45) is 4.99. The van der Waals surface area contributed by atoms with Gasteiger partial charge >= 0.3 is 0 Å². The first-order valence-corrected chi connectivity index (χ1v) is 7.70. The third kappa shape index (κ3) is 4.20. The van der Waals surface area contributed by atoms with E-state index in [-0.39, 0.29) is 0 Å². The lowest BCUT2D eigenvalue weighted by atomic mass is 9.98. The molecule has 3 heteroatoms. The van der Waals surface area contributed by atoms with Gasteiger partial charge in [0.25, 0.3) is 0 Å². The van der Waals surface area contributed by atoms with E-state index in [2.05, 4.69) is 25.2 Å². The molecular weight excluding hydrogens is 258 g/mol. The van der Waals surface area contributed by atoms with Gasteiger partial charge in [-0.25, -0.2) is 0 Å². The Labute approximate surface area is 121 Å². The van der Waals surface area contributed by atoms with E-state index in [9.17, 15) is 0 Å². The first-order valence-electron chi connectivity index (χ1n) is 7.32. The topological polar surface area (TPSA) is 21.3 Å². The summed E-state index contributed by atoms with van der Waals surface area (Å²) in [5.74, 6) is 0. The van der Waals surface area contributed by atoms with Crippen LogP contribution in [0.4, 0.5) is 0 Å². The van der Waals surface area contributed by atoms with E-state index < -0.39 is 0 Å². The van der Waals surface area contributed by atoms with Gasteiger partial charge < -0.3 is 10.1 Å². The van der Waals surface area contributed by atoms with Gasteiger partial charge in [0, 0.05) is 23.7 Å². The van der Waals surface area contributed by atoms with Crippen LogP contribution >= 0.6 is 11.6 Å². The molecule has 3 unspecified atom stereocenters. The van der Waals surface area contributed by atoms with Crippen LogP contribution in [0.5, 0.6) is 0 Å². The van der Waals surface area contributed by atoms with Crippen molar-refractivity contribution in [2.45, 2.75) is 57.7 Å². The molecular formula is C16H24ClNO. The molecule has 1 heterocycles. The van der Waals surface area contributed by atoms with Crippen LogP contribution in [0.1, 0.15) is 51.1 Å². The smallest absolute Gasteiger partial charge is 0.0589 e. The minimum absolute atomic E-state index is 0.291. The van der Waals surface area contributed by atoms with Crippen molar-refractivity contribution in [3.8, 4) is 0 Å². The Balaban J connectivity index is 1.91. The molecule has 0 aliphatic carbocycles. The van der Waals surface area contributed by atoms with Crippen LogP contribution in [0, 0.1) is 0 Å². The minimum Gasteiger partial charge on any atom is -0.378 e. The zero-order chi connectivity index (χ0) is 13.7. The van der Waals surface area contributed by atoms with Crippen LogP contribution in [0.3, 0.4) is 0 Å². The van der Waals surface area contributed by atoms with E-state index in [0.29, 0.717) is 18.2 Å². The fourth-order valence-corrected chi connectivity index (χ4v) is 3.12. The molecule has 1 aromatic rings. The quantitative estimate of drug-likeness (QED) is 0.867. The Bertz CT molecular complexity index is 394. The van der Waals surface area contributed by atoms with E-state index in [4.69, 9.17) is 16.3 Å². The molecule has 1 fully saturated rings. The van der Waals surface area contributed by atoms with Crippen molar-refractivity contribution < 1.29 is 4.74 Å². The molecule has 19 heavy (non-hydrogen) atoms. The van der Waals surface area contributed by atoms with Gasteiger partial charge in [0.2, 0.25) is 0 Å². The standard InChI is InChI=1S/C16H24ClNO/c1-3-6-14-11-13(9-10-19-14)18-12(2)15-7-4-5-8-16(15)17/h4-5,7-8,12-14,18H,3,6,9-11H2,1-2H3. The van der Waals surface area contributed by atoms with Crippen molar-refractivity contribution in [3.05, 3.63) is 34.9 Å². The van der Waals surface area contributed by atoms with Gasteiger partial charge in [0.15, 0.2) is 0 Å². The molecule has 0 amide bonds. The average Bonchev–Trinajstić information content (AvgIpc) is 2.40. The zero-order valence-corrected chi connectivity index (χ0v) is 12.6. The summed E-state index contributed by atoms with van der Waals surface area (Å²) in [5.41, 5.74) is 1.18. The molecule has 1 N–H and O–H groups in total. The molecule has 1 saturated heterocycles. The molecule has 0 spiro atoms. The van der Waals surface area contributed by atoms with E-state index in [0.717, 1.165) is 24.5 Å². The van der Waals surface area contributed by atoms with E-state index in [1.807, 2.05) is 18.2 Å². The van der Waals surface area contributed by atoms with Crippen molar-refractivity contribution in [2.75, 3.05) is 6.61 Å². The van der Waals surface area contributed by atoms with Crippen LogP contribution in [-0.2, 0) is 4.74 Å². The van der Waals surface area contributed by atoms with Crippen molar-refractivity contribution in [1.82, 2.24) is 5.32 Å². The molecule has 0 bridgehead atoms. The molecule has 0 aromatic heterocycles. The van der Waals surface area contributed by atoms with Gasteiger partial charge in [-0.15, -0.1) is 0 Å². The Hall–Kier alpha value is -0.570. The molecule has 3 atom stereocenters. The molecule has 1 aromatic carbocycles. The maximum absolute atomic E-state index is 6.25. The summed E-state index contributed by atoms with van der Waals surface area (Å²) in [6, 6.07) is 8.91. The van der Waals surface area contributed by atoms with Crippen molar-refractivity contribution >= 4 is 11.6 Å². The van der Waals surface area contributed by atoms with Gasteiger partial charge in [0.05, 0.1) is 6.10 Å². The van der Waals surface area contributed by atoms with Crippen LogP contribution < -0.4 is 5.32 Å². The second-order valence-electron chi connectivity index (χ2n) is 5.41. The van der Waals surface area contributed by atoms with Crippen LogP contribution in [0.2, 0.25) is 5.02 Å². The van der Waals surface area contributed by atoms with Gasteiger partial charge in [-0.05, 0) is 37.8 Å². The monoisotopic (exact) mass is 281 g/mol. The lowest BCUT2D eigenvalue weighted by molar-refractivity contribution is -0.00472. The third-order valence-electron chi connectivity index (χ3n) is 3.84. The van der Waals surface area contributed by atoms with Crippen LogP contribution in [0.15, 0.2) is 24.3 Å². The Morgan fingerprint density at radius 1 is 1.42 bits per heavy atom. The third-order valence-corrected chi connectivity index (χ3v) is 4.18. The first kappa shape index (κ1) is 14.8. The number of nitrogens with one attached hydrogen (secondary N) is 1. The van der Waals surface area contributed by atoms with Crippen LogP contribution in [-0.4, -0.2) is 18.8 Å². The fraction of sp³-hybridized carbons (Fsp3) is 0.625. The van der Waals surface area contributed by atoms with Gasteiger partial charge in [0.1, 0.15) is 0 Å². The predicted octanol–water partition coefficient (Wildman–Crippen LogP) is 4.34. The molecule has 2 nitrogen and oxygen atoms in total. The number of halogens is 1. The molecule has 1 aliphatic heterocycles. The molecule has 106 valence electrons. The number of ether oxygens (including phenoxy) is 1. The Morgan fingerprint density at radius 2 is 2.21 bits per heavy atom. The summed E-state index contributed by atoms with van der Waals surface area (Å²) in [5, 5.41) is 4.55. The highest BCUT2D eigenvalue weighted by atomic mass is 35.5. The molecule has 0 saturated carbocycles. The summed E-state index contributed by atoms with van der Waals surface area (Å²) < 4.78 is 5.79. The maximum Gasteiger partial charge on any atom is 0.0589 e. The number of benzene rings is 1. The number of rotatable bonds is 5. The molecule has 2 rings (SSSR count). The summed E-state index contributed by atoms with van der Waals surface area (Å²) in [7, 11) is 0. The highest BCUT2D eigenvalue weighted by molar-refractivity contribution is 6.31. The predicted molar refractivity (Wildman–Crippen MR) is 80.7 cm³/mol. The van der Waals surface area contributed by atoms with Gasteiger partial charge in [-0.3, -0.25) is 0 Å². The minimum atomic E-state index is 0.291. The largest absolute Gasteiger partial charge is 0.378 e. The lowest BCUT2D eigenvalue weighted by Gasteiger charge is -2.32. The highest BCUT2D eigenvalue weighted by Crippen LogP contribution is 2.25. The van der Waals surface area contributed by atoms with Crippen molar-refractivity contribution in [3.63, 3.8) is 0 Å². The highest BCUT2D eigenvalue weighted by Gasteiger charge is 2.23. The van der Waals surface area contributed by atoms with Gasteiger partial charge in [-0.2, -0.15) is 0 Å². The Morgan fingerprint density at radius 3 is 2.95 bits per heavy atom. The fourth-order valence-electron chi connectivity index (χ4n) is 2.82. The second-order valence-corrected chi connectivity index (χ2v) is 5.82. The number of hydrogen-bond donors (Lipinski definition) is 1. The van der Waals surface area contributed by atoms with E-state index >= 15 is 0 Å². The van der Waals surface area contributed by atoms with E-state index in [1.54, 1.807) is 0 Å². The molecule has 1 aliphatic rings. The van der Waals surface area contributed by atoms with Crippen molar-refractivity contribution in [2.24, 2.45) is 0 Å². The lowest BCUT2D eigenvalue weighted by Crippen LogP contribution is -2.40. The van der Waals surface area contributed by atoms with Gasteiger partial charge in [-0.1, -0.05) is 43.1 Å². The van der Waals surface area contributed by atoms with Crippen molar-refractivity contribution in [1.29, 1.82) is 0 Å². The average molecular weight is 282 g/mol. The zero-order valence-electron chi connectivity index (χ0n) is 11.9. The SMILES string of the molecule is CCCC1CC(NC(C)c2ccccc2Cl)CCO1. The second kappa shape index (κ2) is 7.28. The number of hydrogen-bond acceptors (Lipinski definition) is 2.